The number of nitrogens with zero attached hydrogens (tertiary/aromatic N) is 3. The van der Waals surface area contributed by atoms with Crippen LogP contribution in [0, 0.1) is 0 Å². The first-order valence-corrected chi connectivity index (χ1v) is 22.7. The summed E-state index contributed by atoms with van der Waals surface area (Å²) in [5.41, 5.74) is 8.97. The third-order valence-electron chi connectivity index (χ3n) is 12.4. The highest BCUT2D eigenvalue weighted by molar-refractivity contribution is 7.20. The second-order valence-electron chi connectivity index (χ2n) is 15.7. The highest BCUT2D eigenvalue weighted by atomic mass is 28.3. The maximum Gasteiger partial charge on any atom is 0.179 e. The van der Waals surface area contributed by atoms with Gasteiger partial charge in [-0.15, -0.1) is 0 Å². The summed E-state index contributed by atoms with van der Waals surface area (Å²) in [6.07, 6.45) is 0. The van der Waals surface area contributed by atoms with Gasteiger partial charge in [0.15, 0.2) is 13.9 Å². The molecule has 3 heterocycles. The van der Waals surface area contributed by atoms with E-state index in [2.05, 4.69) is 211 Å². The minimum absolute atomic E-state index is 0.701. The largest absolute Gasteiger partial charge is 0.456 e. The summed E-state index contributed by atoms with van der Waals surface area (Å²) in [5, 5.41) is 10.9. The number of furan rings is 1. The summed E-state index contributed by atoms with van der Waals surface area (Å²) >= 11 is 0. The van der Waals surface area contributed by atoms with E-state index in [1.165, 1.54) is 26.1 Å². The van der Waals surface area contributed by atoms with Gasteiger partial charge in [-0.1, -0.05) is 170 Å². The molecule has 0 unspecified atom stereocenters. The van der Waals surface area contributed by atoms with Gasteiger partial charge in [0.05, 0.1) is 22.2 Å². The van der Waals surface area contributed by atoms with Crippen molar-refractivity contribution >= 4 is 83.5 Å². The van der Waals surface area contributed by atoms with Gasteiger partial charge in [-0.2, -0.15) is 0 Å². The molecular formula is C56H37N3OSi. The zero-order chi connectivity index (χ0) is 40.3. The quantitative estimate of drug-likeness (QED) is 0.119. The predicted octanol–water partition coefficient (Wildman–Crippen LogP) is 11.3. The minimum atomic E-state index is -2.80. The Labute approximate surface area is 353 Å². The minimum Gasteiger partial charge on any atom is -0.456 e. The van der Waals surface area contributed by atoms with E-state index in [4.69, 9.17) is 14.4 Å². The smallest absolute Gasteiger partial charge is 0.179 e. The Kier molecular flexibility index (Phi) is 8.15. The van der Waals surface area contributed by atoms with Gasteiger partial charge < -0.3 is 8.98 Å². The fraction of sp³-hybridized carbons (Fsp3) is 0. The molecule has 0 fully saturated rings. The zero-order valence-corrected chi connectivity index (χ0v) is 34.1. The molecule has 0 bridgehead atoms. The molecule has 4 nitrogen and oxygen atoms in total. The van der Waals surface area contributed by atoms with Gasteiger partial charge in [-0.3, -0.25) is 0 Å². The van der Waals surface area contributed by atoms with E-state index in [-0.39, 0.29) is 0 Å². The molecule has 0 aliphatic heterocycles. The Morgan fingerprint density at radius 1 is 0.361 bits per heavy atom. The molecule has 0 saturated carbocycles. The highest BCUT2D eigenvalue weighted by Crippen LogP contribution is 2.39. The van der Waals surface area contributed by atoms with Crippen LogP contribution >= 0.6 is 0 Å². The maximum atomic E-state index is 6.55. The van der Waals surface area contributed by atoms with Crippen molar-refractivity contribution < 1.29 is 4.42 Å². The van der Waals surface area contributed by atoms with Crippen LogP contribution in [0.15, 0.2) is 229 Å². The van der Waals surface area contributed by atoms with Crippen molar-refractivity contribution in [2.75, 3.05) is 0 Å². The second kappa shape index (κ2) is 14.2. The van der Waals surface area contributed by atoms with Crippen LogP contribution < -0.4 is 20.7 Å². The van der Waals surface area contributed by atoms with Crippen LogP contribution in [0.25, 0.3) is 83.0 Å². The Morgan fingerprint density at radius 2 is 0.934 bits per heavy atom. The van der Waals surface area contributed by atoms with Crippen molar-refractivity contribution in [3.05, 3.63) is 224 Å². The van der Waals surface area contributed by atoms with Gasteiger partial charge in [-0.25, -0.2) is 9.97 Å². The highest BCUT2D eigenvalue weighted by Gasteiger charge is 2.41. The average Bonchev–Trinajstić information content (AvgIpc) is 3.86. The van der Waals surface area contributed by atoms with Gasteiger partial charge >= 0.3 is 0 Å². The molecule has 5 heteroatoms. The van der Waals surface area contributed by atoms with E-state index in [9.17, 15) is 0 Å². The van der Waals surface area contributed by atoms with E-state index in [1.807, 2.05) is 18.2 Å². The average molecular weight is 796 g/mol. The number of para-hydroxylation sites is 2. The maximum absolute atomic E-state index is 6.55. The van der Waals surface area contributed by atoms with Crippen LogP contribution in [-0.2, 0) is 0 Å². The van der Waals surface area contributed by atoms with Crippen LogP contribution in [0.2, 0.25) is 0 Å². The lowest BCUT2D eigenvalue weighted by Crippen LogP contribution is -2.74. The second-order valence-corrected chi connectivity index (χ2v) is 19.5. The summed E-state index contributed by atoms with van der Waals surface area (Å²) in [6.45, 7) is 0. The number of hydrogen-bond donors (Lipinski definition) is 0. The molecule has 0 saturated heterocycles. The fourth-order valence-electron chi connectivity index (χ4n) is 9.59. The van der Waals surface area contributed by atoms with Crippen molar-refractivity contribution in [3.8, 4) is 28.3 Å². The van der Waals surface area contributed by atoms with Crippen LogP contribution in [0.3, 0.4) is 0 Å². The summed E-state index contributed by atoms with van der Waals surface area (Å²) < 4.78 is 8.96. The number of rotatable bonds is 7. The molecule has 0 aliphatic rings. The third kappa shape index (κ3) is 5.59. The molecule has 12 aromatic rings. The van der Waals surface area contributed by atoms with Gasteiger partial charge in [-0.05, 0) is 75.3 Å². The summed E-state index contributed by atoms with van der Waals surface area (Å²) in [5.74, 6) is 0.701. The van der Waals surface area contributed by atoms with E-state index >= 15 is 0 Å². The van der Waals surface area contributed by atoms with Gasteiger partial charge in [0.1, 0.15) is 11.2 Å². The first-order valence-electron chi connectivity index (χ1n) is 20.7. The molecule has 0 amide bonds. The van der Waals surface area contributed by atoms with Crippen LogP contribution in [0.1, 0.15) is 0 Å². The van der Waals surface area contributed by atoms with E-state index in [0.29, 0.717) is 5.82 Å². The lowest BCUT2D eigenvalue weighted by Gasteiger charge is -2.34. The zero-order valence-electron chi connectivity index (χ0n) is 33.1. The van der Waals surface area contributed by atoms with E-state index in [0.717, 1.165) is 71.8 Å². The third-order valence-corrected chi connectivity index (χ3v) is 17.1. The molecule has 3 aromatic heterocycles. The number of fused-ring (bicyclic) bond motifs is 7. The number of benzene rings is 9. The van der Waals surface area contributed by atoms with Crippen LogP contribution in [-0.4, -0.2) is 22.6 Å². The van der Waals surface area contributed by atoms with Crippen molar-refractivity contribution in [1.29, 1.82) is 0 Å². The summed E-state index contributed by atoms with van der Waals surface area (Å²) in [4.78, 5) is 10.2. The molecule has 12 rings (SSSR count). The monoisotopic (exact) mass is 795 g/mol. The molecule has 0 aliphatic carbocycles. The fourth-order valence-corrected chi connectivity index (χ4v) is 14.4. The number of aromatic nitrogens is 3. The van der Waals surface area contributed by atoms with Crippen molar-refractivity contribution in [2.45, 2.75) is 0 Å². The Morgan fingerprint density at radius 3 is 1.61 bits per heavy atom. The molecular weight excluding hydrogens is 759 g/mol. The first-order chi connectivity index (χ1) is 30.2. The molecule has 9 aromatic carbocycles. The van der Waals surface area contributed by atoms with Crippen molar-refractivity contribution in [3.63, 3.8) is 0 Å². The molecule has 0 atom stereocenters. The molecule has 0 N–H and O–H groups in total. The Bertz CT molecular complexity index is 3470. The van der Waals surface area contributed by atoms with Gasteiger partial charge in [0.25, 0.3) is 0 Å². The van der Waals surface area contributed by atoms with Crippen LogP contribution in [0.5, 0.6) is 0 Å². The predicted molar refractivity (Wildman–Crippen MR) is 256 cm³/mol. The van der Waals surface area contributed by atoms with Gasteiger partial charge in [0, 0.05) is 43.7 Å². The van der Waals surface area contributed by atoms with Crippen molar-refractivity contribution in [2.24, 2.45) is 0 Å². The normalized spacial score (nSPS) is 11.9. The van der Waals surface area contributed by atoms with Crippen LogP contribution in [0.4, 0.5) is 0 Å². The van der Waals surface area contributed by atoms with E-state index in [1.54, 1.807) is 0 Å². The van der Waals surface area contributed by atoms with E-state index < -0.39 is 8.07 Å². The lowest BCUT2D eigenvalue weighted by molar-refractivity contribution is 0.669. The molecule has 0 spiro atoms. The summed E-state index contributed by atoms with van der Waals surface area (Å²) in [6, 6.07) is 80.8. The first kappa shape index (κ1) is 35.1. The lowest BCUT2D eigenvalue weighted by atomic mass is 10.1. The Hall–Kier alpha value is -7.86. The standard InChI is InChI=1S/C56H37N3OSi/c1-5-17-38(18-6-1)55-46-26-13-15-27-50(46)57-56(58-55)39-29-31-40(32-30-39)59-51-34-33-44(35-47(51)48-37-54-49(36-52(48)59)45-25-14-16-28-53(45)60-54)61(41-19-7-2-8-20-41,42-21-9-3-10-22-42)43-23-11-4-12-24-43/h1-37H. The molecule has 0 radical (unpaired) electrons. The number of hydrogen-bond acceptors (Lipinski definition) is 3. The SMILES string of the molecule is c1ccc(-c2nc(-c3ccc(-n4c5ccc([Si](c6ccccc6)(c6ccccc6)c6ccccc6)cc5c5cc6oc7ccccc7c6cc54)cc3)nc3ccccc23)cc1. The topological polar surface area (TPSA) is 43.9 Å². The Balaban J connectivity index is 1.10. The van der Waals surface area contributed by atoms with Gasteiger partial charge in [0.2, 0.25) is 0 Å². The van der Waals surface area contributed by atoms with Crippen molar-refractivity contribution in [1.82, 2.24) is 14.5 Å². The molecule has 61 heavy (non-hydrogen) atoms. The molecule has 286 valence electrons. The summed E-state index contributed by atoms with van der Waals surface area (Å²) in [7, 11) is -2.80.